The molecule has 0 saturated carbocycles. The molecule has 0 radical (unpaired) electrons. The minimum Gasteiger partial charge on any atom is -0.271 e. The van der Waals surface area contributed by atoms with Gasteiger partial charge in [0.15, 0.2) is 0 Å². The lowest BCUT2D eigenvalue weighted by molar-refractivity contribution is 0.537. The van der Waals surface area contributed by atoms with E-state index in [-0.39, 0.29) is 11.9 Å². The van der Waals surface area contributed by atoms with Crippen LogP contribution < -0.4 is 11.3 Å². The molecule has 0 spiro atoms. The summed E-state index contributed by atoms with van der Waals surface area (Å²) in [5.41, 5.74) is 4.25. The van der Waals surface area contributed by atoms with Gasteiger partial charge in [-0.05, 0) is 34.0 Å². The van der Waals surface area contributed by atoms with Crippen LogP contribution in [0.2, 0.25) is 0 Å². The van der Waals surface area contributed by atoms with E-state index in [0.29, 0.717) is 10.9 Å². The van der Waals surface area contributed by atoms with Gasteiger partial charge in [-0.15, -0.1) is 0 Å². The molecule has 1 aromatic heterocycles. The largest absolute Gasteiger partial charge is 0.271 e. The standard InChI is InChI=1S/C10H10BrFN4S/c11-10-6(2-1-3-7(10)12)4-8(15-13)9-5-14-17-16-9/h1-3,5,8,15H,4,13H2. The fourth-order valence-electron chi connectivity index (χ4n) is 1.50. The minimum absolute atomic E-state index is 0.174. The van der Waals surface area contributed by atoms with E-state index in [1.54, 1.807) is 12.3 Å². The minimum atomic E-state index is -0.283. The summed E-state index contributed by atoms with van der Waals surface area (Å²) >= 11 is 4.34. The van der Waals surface area contributed by atoms with Crippen molar-refractivity contribution in [3.63, 3.8) is 0 Å². The van der Waals surface area contributed by atoms with Crippen LogP contribution in [0, 0.1) is 5.82 Å². The first kappa shape index (κ1) is 12.6. The fraction of sp³-hybridized carbons (Fsp3) is 0.200. The van der Waals surface area contributed by atoms with Crippen LogP contribution in [0.5, 0.6) is 0 Å². The highest BCUT2D eigenvalue weighted by atomic mass is 79.9. The number of hydrazine groups is 1. The molecule has 0 aliphatic carbocycles. The second-order valence-electron chi connectivity index (χ2n) is 3.47. The molecule has 90 valence electrons. The van der Waals surface area contributed by atoms with Crippen molar-refractivity contribution in [2.75, 3.05) is 0 Å². The van der Waals surface area contributed by atoms with Crippen molar-refractivity contribution in [2.24, 2.45) is 5.84 Å². The summed E-state index contributed by atoms with van der Waals surface area (Å²) in [6, 6.07) is 4.74. The Hall–Kier alpha value is -0.890. The first-order valence-corrected chi connectivity index (χ1v) is 6.41. The Kier molecular flexibility index (Phi) is 4.16. The van der Waals surface area contributed by atoms with Gasteiger partial charge in [-0.1, -0.05) is 12.1 Å². The zero-order valence-electron chi connectivity index (χ0n) is 8.73. The van der Waals surface area contributed by atoms with Crippen LogP contribution >= 0.6 is 27.7 Å². The average molecular weight is 317 g/mol. The summed E-state index contributed by atoms with van der Waals surface area (Å²) in [5, 5.41) is 0. The molecule has 0 bridgehead atoms. The van der Waals surface area contributed by atoms with Gasteiger partial charge in [0, 0.05) is 0 Å². The Morgan fingerprint density at radius 3 is 3.00 bits per heavy atom. The third kappa shape index (κ3) is 2.86. The molecule has 1 heterocycles. The number of nitrogens with two attached hydrogens (primary N) is 1. The highest BCUT2D eigenvalue weighted by Gasteiger charge is 2.16. The van der Waals surface area contributed by atoms with Crippen LogP contribution in [-0.2, 0) is 6.42 Å². The van der Waals surface area contributed by atoms with Crippen molar-refractivity contribution in [3.05, 3.63) is 45.9 Å². The number of hydrogen-bond donors (Lipinski definition) is 2. The third-order valence-electron chi connectivity index (χ3n) is 2.39. The molecule has 0 amide bonds. The van der Waals surface area contributed by atoms with Crippen LogP contribution in [0.1, 0.15) is 17.3 Å². The molecule has 0 aliphatic rings. The van der Waals surface area contributed by atoms with E-state index in [4.69, 9.17) is 5.84 Å². The normalized spacial score (nSPS) is 12.6. The zero-order valence-corrected chi connectivity index (χ0v) is 11.1. The van der Waals surface area contributed by atoms with Crippen molar-refractivity contribution >= 4 is 27.7 Å². The Morgan fingerprint density at radius 2 is 2.35 bits per heavy atom. The molecule has 17 heavy (non-hydrogen) atoms. The molecule has 2 rings (SSSR count). The molecular weight excluding hydrogens is 307 g/mol. The van der Waals surface area contributed by atoms with Crippen molar-refractivity contribution in [1.29, 1.82) is 0 Å². The summed E-state index contributed by atoms with van der Waals surface area (Å²) in [7, 11) is 0. The Bertz CT molecular complexity index is 491. The molecule has 4 nitrogen and oxygen atoms in total. The SMILES string of the molecule is NNC(Cc1cccc(F)c1Br)c1cnsn1. The molecule has 0 aliphatic heterocycles. The Balaban J connectivity index is 2.22. The predicted octanol–water partition coefficient (Wildman–Crippen LogP) is 2.19. The summed E-state index contributed by atoms with van der Waals surface area (Å²) in [5.74, 6) is 5.20. The second-order valence-corrected chi connectivity index (χ2v) is 4.82. The van der Waals surface area contributed by atoms with Crippen molar-refractivity contribution in [2.45, 2.75) is 12.5 Å². The lowest BCUT2D eigenvalue weighted by atomic mass is 10.0. The fourth-order valence-corrected chi connectivity index (χ4v) is 2.40. The number of hydrogen-bond acceptors (Lipinski definition) is 5. The van der Waals surface area contributed by atoms with Gasteiger partial charge in [0.25, 0.3) is 0 Å². The van der Waals surface area contributed by atoms with Gasteiger partial charge in [0.2, 0.25) is 0 Å². The van der Waals surface area contributed by atoms with Gasteiger partial charge < -0.3 is 0 Å². The van der Waals surface area contributed by atoms with E-state index in [2.05, 4.69) is 30.1 Å². The van der Waals surface area contributed by atoms with Crippen molar-refractivity contribution < 1.29 is 4.39 Å². The topological polar surface area (TPSA) is 63.8 Å². The quantitative estimate of drug-likeness (QED) is 0.670. The van der Waals surface area contributed by atoms with Gasteiger partial charge >= 0.3 is 0 Å². The van der Waals surface area contributed by atoms with Crippen LogP contribution in [0.3, 0.4) is 0 Å². The lowest BCUT2D eigenvalue weighted by Gasteiger charge is -2.14. The van der Waals surface area contributed by atoms with Crippen molar-refractivity contribution in [3.8, 4) is 0 Å². The molecule has 7 heteroatoms. The summed E-state index contributed by atoms with van der Waals surface area (Å²) in [4.78, 5) is 0. The summed E-state index contributed by atoms with van der Waals surface area (Å²) in [6.07, 6.45) is 2.20. The molecule has 0 saturated heterocycles. The van der Waals surface area contributed by atoms with Gasteiger partial charge in [0.1, 0.15) is 5.82 Å². The molecule has 2 aromatic rings. The van der Waals surface area contributed by atoms with E-state index in [0.717, 1.165) is 23.0 Å². The molecule has 1 atom stereocenters. The number of benzene rings is 1. The van der Waals surface area contributed by atoms with Crippen LogP contribution in [-0.4, -0.2) is 8.75 Å². The van der Waals surface area contributed by atoms with Gasteiger partial charge in [0.05, 0.1) is 34.1 Å². The van der Waals surface area contributed by atoms with Crippen LogP contribution in [0.15, 0.2) is 28.9 Å². The van der Waals surface area contributed by atoms with E-state index in [9.17, 15) is 4.39 Å². The smallest absolute Gasteiger partial charge is 0.137 e. The zero-order chi connectivity index (χ0) is 12.3. The first-order valence-electron chi connectivity index (χ1n) is 4.89. The number of nitrogens with zero attached hydrogens (tertiary/aromatic N) is 2. The van der Waals surface area contributed by atoms with Crippen LogP contribution in [0.25, 0.3) is 0 Å². The Labute approximate surface area is 110 Å². The number of aromatic nitrogens is 2. The van der Waals surface area contributed by atoms with E-state index in [1.807, 2.05) is 6.07 Å². The van der Waals surface area contributed by atoms with Crippen LogP contribution in [0.4, 0.5) is 4.39 Å². The summed E-state index contributed by atoms with van der Waals surface area (Å²) < 4.78 is 21.8. The highest BCUT2D eigenvalue weighted by molar-refractivity contribution is 9.10. The summed E-state index contributed by atoms with van der Waals surface area (Å²) in [6.45, 7) is 0. The molecule has 1 unspecified atom stereocenters. The predicted molar refractivity (Wildman–Crippen MR) is 67.8 cm³/mol. The number of nitrogens with one attached hydrogen (secondary N) is 1. The van der Waals surface area contributed by atoms with E-state index < -0.39 is 0 Å². The number of rotatable bonds is 4. The maximum atomic E-state index is 13.4. The molecule has 3 N–H and O–H groups in total. The maximum absolute atomic E-state index is 13.4. The highest BCUT2D eigenvalue weighted by Crippen LogP contribution is 2.25. The van der Waals surface area contributed by atoms with E-state index >= 15 is 0 Å². The molecule has 0 fully saturated rings. The molecular formula is C10H10BrFN4S. The third-order valence-corrected chi connectivity index (χ3v) is 3.77. The van der Waals surface area contributed by atoms with Gasteiger partial charge in [-0.3, -0.25) is 11.3 Å². The van der Waals surface area contributed by atoms with E-state index in [1.165, 1.54) is 6.07 Å². The van der Waals surface area contributed by atoms with Gasteiger partial charge in [-0.2, -0.15) is 8.75 Å². The lowest BCUT2D eigenvalue weighted by Crippen LogP contribution is -2.29. The second kappa shape index (κ2) is 5.63. The Morgan fingerprint density at radius 1 is 1.53 bits per heavy atom. The monoisotopic (exact) mass is 316 g/mol. The van der Waals surface area contributed by atoms with Crippen molar-refractivity contribution in [1.82, 2.24) is 14.2 Å². The maximum Gasteiger partial charge on any atom is 0.137 e. The van der Waals surface area contributed by atoms with Gasteiger partial charge in [-0.25, -0.2) is 4.39 Å². The average Bonchev–Trinajstić information content (AvgIpc) is 2.85. The number of halogens is 2. The molecule has 1 aromatic carbocycles. The first-order chi connectivity index (χ1) is 8.22.